The summed E-state index contributed by atoms with van der Waals surface area (Å²) in [5.74, 6) is 2.23. The van der Waals surface area contributed by atoms with Gasteiger partial charge in [0.15, 0.2) is 6.23 Å². The molecular formula is C24H36ClN4O7P. The van der Waals surface area contributed by atoms with E-state index >= 15 is 0 Å². The summed E-state index contributed by atoms with van der Waals surface area (Å²) in [6, 6.07) is 1.81. The maximum atomic E-state index is 11.0. The van der Waals surface area contributed by atoms with E-state index in [1.54, 1.807) is 10.8 Å². The monoisotopic (exact) mass is 558 g/mol. The van der Waals surface area contributed by atoms with E-state index in [-0.39, 0.29) is 11.9 Å². The zero-order valence-electron chi connectivity index (χ0n) is 20.9. The molecule has 0 aromatic carbocycles. The average molecular weight is 559 g/mol. The third-order valence-corrected chi connectivity index (χ3v) is 9.10. The standard InChI is InChI=1S/C24H36ClN4O7P/c1-2-4-14(24-8-3-5-15(24)11-24)6-9-26-20-16-7-10-29(21(16)28-23(25)27-20)22-19(31)18(30)17(36-22)12-35-13-37(32,33)34/h7,10,14-15,17-19,22,30-31H,2-6,8-9,11-13H2,1H3,(H,26,27,28)(H2,32,33,34)/t14?,15?,17-,18-,19-,22-,24?/m1/s1. The van der Waals surface area contributed by atoms with Crippen LogP contribution in [0.2, 0.25) is 5.28 Å². The Balaban J connectivity index is 1.28. The van der Waals surface area contributed by atoms with Crippen molar-refractivity contribution in [3.63, 3.8) is 0 Å². The fourth-order valence-corrected chi connectivity index (χ4v) is 7.15. The van der Waals surface area contributed by atoms with Crippen LogP contribution in [-0.4, -0.2) is 72.3 Å². The fourth-order valence-electron chi connectivity index (χ4n) is 6.64. The van der Waals surface area contributed by atoms with Crippen LogP contribution in [0.15, 0.2) is 12.3 Å². The number of halogens is 1. The Kier molecular flexibility index (Phi) is 7.88. The fraction of sp³-hybridized carbons (Fsp3) is 0.750. The number of nitrogens with one attached hydrogen (secondary N) is 1. The molecule has 3 fully saturated rings. The minimum absolute atomic E-state index is 0.0475. The molecule has 5 rings (SSSR count). The summed E-state index contributed by atoms with van der Waals surface area (Å²) in [6.07, 6.45) is 5.27. The molecule has 3 unspecified atom stereocenters. The molecule has 7 atom stereocenters. The minimum atomic E-state index is -4.36. The van der Waals surface area contributed by atoms with E-state index in [1.165, 1.54) is 38.5 Å². The number of anilines is 1. The van der Waals surface area contributed by atoms with Gasteiger partial charge in [-0.25, -0.2) is 4.98 Å². The molecule has 11 nitrogen and oxygen atoms in total. The lowest BCUT2D eigenvalue weighted by Crippen LogP contribution is -2.33. The third kappa shape index (κ3) is 5.56. The SMILES string of the molecule is CCCC(CCNc1nc(Cl)nc2c1ccn2[C@@H]1O[C@H](COCP(=O)(O)O)[C@@H](O)[C@H]1O)C12CCCC1C2. The van der Waals surface area contributed by atoms with E-state index in [0.717, 1.165) is 18.9 Å². The molecule has 3 heterocycles. The van der Waals surface area contributed by atoms with Crippen molar-refractivity contribution in [2.24, 2.45) is 17.3 Å². The van der Waals surface area contributed by atoms with Gasteiger partial charge in [-0.15, -0.1) is 0 Å². The van der Waals surface area contributed by atoms with Gasteiger partial charge in [0, 0.05) is 12.7 Å². The maximum Gasteiger partial charge on any atom is 0.350 e. The summed E-state index contributed by atoms with van der Waals surface area (Å²) in [5.41, 5.74) is 0.999. The van der Waals surface area contributed by atoms with Crippen LogP contribution in [0.1, 0.15) is 58.1 Å². The van der Waals surface area contributed by atoms with E-state index in [2.05, 4.69) is 22.2 Å². The van der Waals surface area contributed by atoms with E-state index in [9.17, 15) is 14.8 Å². The Labute approximate surface area is 220 Å². The Hall–Kier alpha value is -1.30. The Morgan fingerprint density at radius 2 is 2.14 bits per heavy atom. The number of nitrogens with zero attached hydrogens (tertiary/aromatic N) is 3. The van der Waals surface area contributed by atoms with Gasteiger partial charge >= 0.3 is 7.60 Å². The predicted octanol–water partition coefficient (Wildman–Crippen LogP) is 3.26. The number of aliphatic hydroxyl groups is 2. The van der Waals surface area contributed by atoms with Crippen LogP contribution < -0.4 is 5.32 Å². The second kappa shape index (κ2) is 10.7. The van der Waals surface area contributed by atoms with Crippen LogP contribution in [0, 0.1) is 17.3 Å². The number of ether oxygens (including phenoxy) is 2. The van der Waals surface area contributed by atoms with Crippen LogP contribution in [0.5, 0.6) is 0 Å². The van der Waals surface area contributed by atoms with Gasteiger partial charge in [-0.1, -0.05) is 26.2 Å². The van der Waals surface area contributed by atoms with Crippen LogP contribution in [0.3, 0.4) is 0 Å². The molecule has 2 aliphatic carbocycles. The summed E-state index contributed by atoms with van der Waals surface area (Å²) in [5, 5.41) is 25.3. The van der Waals surface area contributed by atoms with Crippen LogP contribution in [0.4, 0.5) is 5.82 Å². The molecule has 1 saturated heterocycles. The van der Waals surface area contributed by atoms with Crippen molar-refractivity contribution in [2.45, 2.75) is 76.4 Å². The Morgan fingerprint density at radius 1 is 1.32 bits per heavy atom. The summed E-state index contributed by atoms with van der Waals surface area (Å²) >= 11 is 6.27. The minimum Gasteiger partial charge on any atom is -0.387 e. The van der Waals surface area contributed by atoms with E-state index in [1.807, 2.05) is 6.07 Å². The summed E-state index contributed by atoms with van der Waals surface area (Å²) in [4.78, 5) is 26.7. The summed E-state index contributed by atoms with van der Waals surface area (Å²) < 4.78 is 23.4. The Morgan fingerprint density at radius 3 is 2.81 bits per heavy atom. The lowest BCUT2D eigenvalue weighted by molar-refractivity contribution is -0.0610. The third-order valence-electron chi connectivity index (χ3n) is 8.41. The zero-order chi connectivity index (χ0) is 26.4. The predicted molar refractivity (Wildman–Crippen MR) is 137 cm³/mol. The number of hydrogen-bond acceptors (Lipinski definition) is 8. The molecule has 2 saturated carbocycles. The zero-order valence-corrected chi connectivity index (χ0v) is 22.5. The van der Waals surface area contributed by atoms with Crippen molar-refractivity contribution in [2.75, 3.05) is 24.8 Å². The highest BCUT2D eigenvalue weighted by Crippen LogP contribution is 2.69. The number of fused-ring (bicyclic) bond motifs is 2. The molecule has 5 N–H and O–H groups in total. The highest BCUT2D eigenvalue weighted by molar-refractivity contribution is 7.51. The summed E-state index contributed by atoms with van der Waals surface area (Å²) in [7, 11) is -4.36. The van der Waals surface area contributed by atoms with Crippen molar-refractivity contribution in [1.29, 1.82) is 0 Å². The number of aliphatic hydroxyl groups excluding tert-OH is 2. The van der Waals surface area contributed by atoms with Gasteiger partial charge in [-0.05, 0) is 60.6 Å². The van der Waals surface area contributed by atoms with E-state index < -0.39 is 38.5 Å². The molecule has 0 amide bonds. The second-order valence-corrected chi connectivity index (χ2v) is 12.7. The van der Waals surface area contributed by atoms with Crippen molar-refractivity contribution < 1.29 is 34.0 Å². The smallest absolute Gasteiger partial charge is 0.350 e. The molecule has 0 spiro atoms. The first kappa shape index (κ1) is 27.3. The highest BCUT2D eigenvalue weighted by Gasteiger charge is 2.59. The van der Waals surface area contributed by atoms with Crippen molar-refractivity contribution in [1.82, 2.24) is 14.5 Å². The molecular weight excluding hydrogens is 523 g/mol. The molecule has 206 valence electrons. The van der Waals surface area contributed by atoms with Crippen LogP contribution in [-0.2, 0) is 14.0 Å². The Bertz CT molecular complexity index is 1160. The lowest BCUT2D eigenvalue weighted by Gasteiger charge is -2.26. The van der Waals surface area contributed by atoms with Gasteiger partial charge < -0.3 is 39.4 Å². The molecule has 1 aliphatic heterocycles. The molecule has 2 aromatic heterocycles. The number of aromatic nitrogens is 3. The molecule has 2 aromatic rings. The van der Waals surface area contributed by atoms with Gasteiger partial charge in [0.1, 0.15) is 36.1 Å². The number of rotatable bonds is 12. The van der Waals surface area contributed by atoms with Crippen molar-refractivity contribution in [3.8, 4) is 0 Å². The van der Waals surface area contributed by atoms with Gasteiger partial charge in [0.2, 0.25) is 5.28 Å². The summed E-state index contributed by atoms with van der Waals surface area (Å²) in [6.45, 7) is 2.74. The first-order chi connectivity index (χ1) is 17.6. The average Bonchev–Trinajstić information content (AvgIpc) is 3.09. The molecule has 0 radical (unpaired) electrons. The van der Waals surface area contributed by atoms with Crippen LogP contribution >= 0.6 is 19.2 Å². The van der Waals surface area contributed by atoms with Crippen molar-refractivity contribution in [3.05, 3.63) is 17.5 Å². The first-order valence-corrected chi connectivity index (χ1v) is 15.2. The topological polar surface area (TPSA) is 159 Å². The molecule has 37 heavy (non-hydrogen) atoms. The van der Waals surface area contributed by atoms with Gasteiger partial charge in [-0.3, -0.25) is 4.57 Å². The molecule has 13 heteroatoms. The molecule has 3 aliphatic rings. The van der Waals surface area contributed by atoms with E-state index in [0.29, 0.717) is 28.2 Å². The quantitative estimate of drug-likeness (QED) is 0.193. The van der Waals surface area contributed by atoms with Gasteiger partial charge in [-0.2, -0.15) is 4.98 Å². The second-order valence-electron chi connectivity index (χ2n) is 10.7. The van der Waals surface area contributed by atoms with Crippen LogP contribution in [0.25, 0.3) is 11.0 Å². The normalized spacial score (nSPS) is 32.1. The van der Waals surface area contributed by atoms with Gasteiger partial charge in [0.25, 0.3) is 0 Å². The van der Waals surface area contributed by atoms with E-state index in [4.69, 9.17) is 30.9 Å². The van der Waals surface area contributed by atoms with Gasteiger partial charge in [0.05, 0.1) is 12.0 Å². The highest BCUT2D eigenvalue weighted by atomic mass is 35.5. The largest absolute Gasteiger partial charge is 0.387 e. The first-order valence-electron chi connectivity index (χ1n) is 13.0. The van der Waals surface area contributed by atoms with Crippen molar-refractivity contribution >= 4 is 36.0 Å². The maximum absolute atomic E-state index is 11.0. The lowest BCUT2D eigenvalue weighted by atomic mass is 9.81. The molecule has 0 bridgehead atoms. The number of hydrogen-bond donors (Lipinski definition) is 5.